The van der Waals surface area contributed by atoms with Gasteiger partial charge < -0.3 is 5.73 Å². The first kappa shape index (κ1) is 6.86. The highest BCUT2D eigenvalue weighted by molar-refractivity contribution is 5.07. The standard InChI is InChI=1S/C5H8F3N/c1-4(2-3(4)9)5(6,7)8/h3H,2,9H2,1H3/t3-,4+/m1/s1. The van der Waals surface area contributed by atoms with Crippen LogP contribution in [0.2, 0.25) is 0 Å². The van der Waals surface area contributed by atoms with Crippen LogP contribution in [0.15, 0.2) is 0 Å². The summed E-state index contributed by atoms with van der Waals surface area (Å²) < 4.78 is 35.4. The normalized spacial score (nSPS) is 43.0. The van der Waals surface area contributed by atoms with E-state index >= 15 is 0 Å². The molecule has 4 heteroatoms. The lowest BCUT2D eigenvalue weighted by Crippen LogP contribution is -2.27. The number of hydrogen-bond acceptors (Lipinski definition) is 1. The molecule has 1 rings (SSSR count). The maximum absolute atomic E-state index is 11.8. The third kappa shape index (κ3) is 0.813. The van der Waals surface area contributed by atoms with Crippen molar-refractivity contribution >= 4 is 0 Å². The first-order chi connectivity index (χ1) is 3.88. The number of rotatable bonds is 0. The molecule has 0 unspecified atom stereocenters. The van der Waals surface area contributed by atoms with Gasteiger partial charge in [0.15, 0.2) is 0 Å². The molecular weight excluding hydrogens is 131 g/mol. The number of hydrogen-bond donors (Lipinski definition) is 1. The molecule has 0 aliphatic heterocycles. The summed E-state index contributed by atoms with van der Waals surface area (Å²) in [5, 5.41) is 0. The van der Waals surface area contributed by atoms with Crippen LogP contribution in [0.4, 0.5) is 13.2 Å². The molecule has 2 atom stereocenters. The van der Waals surface area contributed by atoms with Crippen LogP contribution in [-0.4, -0.2) is 12.2 Å². The molecule has 2 N–H and O–H groups in total. The predicted octanol–water partition coefficient (Wildman–Crippen LogP) is 1.29. The van der Waals surface area contributed by atoms with Gasteiger partial charge in [-0.25, -0.2) is 0 Å². The van der Waals surface area contributed by atoms with Crippen molar-refractivity contribution in [3.05, 3.63) is 0 Å². The highest BCUT2D eigenvalue weighted by Gasteiger charge is 2.65. The van der Waals surface area contributed by atoms with Crippen molar-refractivity contribution in [1.82, 2.24) is 0 Å². The average Bonchev–Trinajstić information content (AvgIpc) is 2.13. The van der Waals surface area contributed by atoms with Gasteiger partial charge >= 0.3 is 6.18 Å². The minimum atomic E-state index is -4.10. The summed E-state index contributed by atoms with van der Waals surface area (Å²) in [5.74, 6) is 0. The zero-order chi connectivity index (χ0) is 7.28. The Kier molecular flexibility index (Phi) is 1.09. The number of alkyl halides is 3. The van der Waals surface area contributed by atoms with Gasteiger partial charge in [-0.1, -0.05) is 0 Å². The monoisotopic (exact) mass is 139 g/mol. The van der Waals surface area contributed by atoms with Crippen molar-refractivity contribution in [2.24, 2.45) is 11.1 Å². The second-order valence-corrected chi connectivity index (χ2v) is 2.73. The van der Waals surface area contributed by atoms with E-state index in [1.54, 1.807) is 0 Å². The van der Waals surface area contributed by atoms with Gasteiger partial charge in [0, 0.05) is 6.04 Å². The van der Waals surface area contributed by atoms with Crippen molar-refractivity contribution in [2.45, 2.75) is 25.6 Å². The SMILES string of the molecule is C[C@]1(C(F)(F)F)C[C@H]1N. The van der Waals surface area contributed by atoms with Gasteiger partial charge in [0.05, 0.1) is 5.41 Å². The predicted molar refractivity (Wildman–Crippen MR) is 26.8 cm³/mol. The molecule has 54 valence electrons. The van der Waals surface area contributed by atoms with Crippen LogP contribution in [0.1, 0.15) is 13.3 Å². The largest absolute Gasteiger partial charge is 0.395 e. The molecule has 0 saturated heterocycles. The van der Waals surface area contributed by atoms with E-state index in [2.05, 4.69) is 0 Å². The lowest BCUT2D eigenvalue weighted by molar-refractivity contribution is -0.182. The maximum atomic E-state index is 11.8. The smallest absolute Gasteiger partial charge is 0.327 e. The second kappa shape index (κ2) is 1.42. The summed E-state index contributed by atoms with van der Waals surface area (Å²) in [6, 6.07) is -0.669. The van der Waals surface area contributed by atoms with Crippen LogP contribution in [0.5, 0.6) is 0 Å². The molecule has 0 aromatic heterocycles. The Labute approximate surface area is 51.0 Å². The van der Waals surface area contributed by atoms with Gasteiger partial charge in [0.2, 0.25) is 0 Å². The van der Waals surface area contributed by atoms with Gasteiger partial charge in [-0.2, -0.15) is 13.2 Å². The lowest BCUT2D eigenvalue weighted by atomic mass is 10.1. The zero-order valence-corrected chi connectivity index (χ0v) is 5.00. The Hall–Kier alpha value is -0.250. The minimum Gasteiger partial charge on any atom is -0.327 e. The summed E-state index contributed by atoms with van der Waals surface area (Å²) >= 11 is 0. The maximum Gasteiger partial charge on any atom is 0.395 e. The summed E-state index contributed by atoms with van der Waals surface area (Å²) in [6.45, 7) is 1.15. The Bertz CT molecular complexity index is 131. The molecule has 1 saturated carbocycles. The van der Waals surface area contributed by atoms with Crippen molar-refractivity contribution in [3.8, 4) is 0 Å². The van der Waals surface area contributed by atoms with Gasteiger partial charge in [-0.05, 0) is 13.3 Å². The van der Waals surface area contributed by atoms with Crippen LogP contribution in [-0.2, 0) is 0 Å². The zero-order valence-electron chi connectivity index (χ0n) is 5.00. The minimum absolute atomic E-state index is 0.0799. The van der Waals surface area contributed by atoms with Crippen LogP contribution in [0, 0.1) is 5.41 Å². The molecule has 0 amide bonds. The molecule has 0 spiro atoms. The molecule has 9 heavy (non-hydrogen) atoms. The highest BCUT2D eigenvalue weighted by Crippen LogP contribution is 2.55. The summed E-state index contributed by atoms with van der Waals surface area (Å²) in [5.41, 5.74) is 3.49. The Morgan fingerprint density at radius 3 is 1.89 bits per heavy atom. The lowest BCUT2D eigenvalue weighted by Gasteiger charge is -2.13. The summed E-state index contributed by atoms with van der Waals surface area (Å²) in [7, 11) is 0. The molecule has 0 aromatic carbocycles. The van der Waals surface area contributed by atoms with Gasteiger partial charge in [0.25, 0.3) is 0 Å². The van der Waals surface area contributed by atoms with E-state index in [4.69, 9.17) is 5.73 Å². The van der Waals surface area contributed by atoms with Crippen LogP contribution in [0.25, 0.3) is 0 Å². The fraction of sp³-hybridized carbons (Fsp3) is 1.00. The van der Waals surface area contributed by atoms with Gasteiger partial charge in [-0.3, -0.25) is 0 Å². The molecule has 1 fully saturated rings. The topological polar surface area (TPSA) is 26.0 Å². The van der Waals surface area contributed by atoms with E-state index in [1.807, 2.05) is 0 Å². The fourth-order valence-corrected chi connectivity index (χ4v) is 0.724. The van der Waals surface area contributed by atoms with Crippen LogP contribution < -0.4 is 5.73 Å². The Balaban J connectivity index is 2.64. The van der Waals surface area contributed by atoms with Crippen molar-refractivity contribution < 1.29 is 13.2 Å². The van der Waals surface area contributed by atoms with Gasteiger partial charge in [0.1, 0.15) is 0 Å². The average molecular weight is 139 g/mol. The Morgan fingerprint density at radius 2 is 1.89 bits per heavy atom. The third-order valence-corrected chi connectivity index (χ3v) is 1.95. The number of halogens is 3. The number of nitrogens with two attached hydrogens (primary N) is 1. The molecular formula is C5H8F3N. The Morgan fingerprint density at radius 1 is 1.56 bits per heavy atom. The molecule has 0 aromatic rings. The quantitative estimate of drug-likeness (QED) is 0.537. The molecule has 0 radical (unpaired) electrons. The first-order valence-corrected chi connectivity index (χ1v) is 2.70. The summed E-state index contributed by atoms with van der Waals surface area (Å²) in [4.78, 5) is 0. The molecule has 0 heterocycles. The van der Waals surface area contributed by atoms with E-state index < -0.39 is 17.6 Å². The molecule has 1 aliphatic carbocycles. The third-order valence-electron chi connectivity index (χ3n) is 1.95. The molecule has 1 nitrogen and oxygen atoms in total. The van der Waals surface area contributed by atoms with Crippen LogP contribution >= 0.6 is 0 Å². The molecule has 1 aliphatic rings. The van der Waals surface area contributed by atoms with E-state index in [1.165, 1.54) is 0 Å². The van der Waals surface area contributed by atoms with Crippen LogP contribution in [0.3, 0.4) is 0 Å². The van der Waals surface area contributed by atoms with E-state index in [0.29, 0.717) is 0 Å². The highest BCUT2D eigenvalue weighted by atomic mass is 19.4. The fourth-order valence-electron chi connectivity index (χ4n) is 0.724. The van der Waals surface area contributed by atoms with E-state index in [-0.39, 0.29) is 6.42 Å². The van der Waals surface area contributed by atoms with Crippen molar-refractivity contribution in [1.29, 1.82) is 0 Å². The van der Waals surface area contributed by atoms with E-state index in [9.17, 15) is 13.2 Å². The van der Waals surface area contributed by atoms with Gasteiger partial charge in [-0.15, -0.1) is 0 Å². The van der Waals surface area contributed by atoms with E-state index in [0.717, 1.165) is 6.92 Å². The summed E-state index contributed by atoms with van der Waals surface area (Å²) in [6.07, 6.45) is -4.02. The second-order valence-electron chi connectivity index (χ2n) is 2.73. The first-order valence-electron chi connectivity index (χ1n) is 2.70. The molecule has 0 bridgehead atoms. The van der Waals surface area contributed by atoms with Crippen molar-refractivity contribution in [3.63, 3.8) is 0 Å². The van der Waals surface area contributed by atoms with Crippen molar-refractivity contribution in [2.75, 3.05) is 0 Å².